The number of aromatic nitrogens is 2. The van der Waals surface area contributed by atoms with Crippen LogP contribution in [0.3, 0.4) is 0 Å². The topological polar surface area (TPSA) is 36.3 Å². The summed E-state index contributed by atoms with van der Waals surface area (Å²) in [7, 11) is -0.867. The van der Waals surface area contributed by atoms with Crippen molar-refractivity contribution >= 4 is 12.6 Å². The quantitative estimate of drug-likeness (QED) is 0.629. The van der Waals surface area contributed by atoms with Crippen molar-refractivity contribution in [2.24, 2.45) is 0 Å². The van der Waals surface area contributed by atoms with Gasteiger partial charge >= 0.3 is 13.3 Å². The Bertz CT molecular complexity index is 693. The lowest BCUT2D eigenvalue weighted by Crippen LogP contribution is -2.41. The highest BCUT2D eigenvalue weighted by atomic mass is 19.4. The smallest absolute Gasteiger partial charge is 0.428 e. The molecule has 1 aliphatic heterocycles. The minimum absolute atomic E-state index is 0.187. The van der Waals surface area contributed by atoms with Crippen LogP contribution in [0.5, 0.6) is 0 Å². The SMILES string of the molecule is CC1(C)OB(c2cc(-n3cc[cH-]3)nc(C(F)(F)F)c2)OC1(C)C. The molecule has 0 aromatic carbocycles. The lowest BCUT2D eigenvalue weighted by atomic mass is 9.79. The van der Waals surface area contributed by atoms with Crippen LogP contribution in [0.25, 0.3) is 5.82 Å². The van der Waals surface area contributed by atoms with Gasteiger partial charge in [-0.1, -0.05) is 18.5 Å². The largest absolute Gasteiger partial charge is 0.494 e. The molecule has 0 unspecified atom stereocenters. The Morgan fingerprint density at radius 1 is 1.13 bits per heavy atom. The second-order valence-electron chi connectivity index (χ2n) is 6.63. The van der Waals surface area contributed by atoms with Crippen LogP contribution < -0.4 is 5.46 Å². The molecule has 0 amide bonds. The first-order valence-electron chi connectivity index (χ1n) is 7.24. The van der Waals surface area contributed by atoms with Gasteiger partial charge in [-0.25, -0.2) is 0 Å². The monoisotopic (exact) mass is 325 g/mol. The molecule has 0 N–H and O–H groups in total. The molecule has 1 saturated heterocycles. The molecule has 2 aromatic rings. The maximum atomic E-state index is 13.1. The van der Waals surface area contributed by atoms with Gasteiger partial charge in [-0.2, -0.15) is 13.2 Å². The summed E-state index contributed by atoms with van der Waals surface area (Å²) in [6, 6.07) is 4.25. The lowest BCUT2D eigenvalue weighted by molar-refractivity contribution is -0.141. The Hall–Kier alpha value is -1.67. The molecule has 0 radical (unpaired) electrons. The molecule has 0 saturated carbocycles. The minimum atomic E-state index is -4.54. The van der Waals surface area contributed by atoms with Gasteiger partial charge in [0.25, 0.3) is 0 Å². The first kappa shape index (κ1) is 16.2. The normalized spacial score (nSPS) is 20.2. The number of hydrogen-bond donors (Lipinski definition) is 0. The third-order valence-electron chi connectivity index (χ3n) is 4.41. The first-order valence-corrected chi connectivity index (χ1v) is 7.24. The van der Waals surface area contributed by atoms with Crippen LogP contribution in [-0.4, -0.2) is 27.9 Å². The predicted molar refractivity (Wildman–Crippen MR) is 79.9 cm³/mol. The van der Waals surface area contributed by atoms with E-state index in [1.807, 2.05) is 27.7 Å². The first-order chi connectivity index (χ1) is 10.5. The summed E-state index contributed by atoms with van der Waals surface area (Å²) in [5, 5.41) is 0. The maximum absolute atomic E-state index is 13.1. The number of alkyl halides is 3. The van der Waals surface area contributed by atoms with Gasteiger partial charge in [-0.3, -0.25) is 4.98 Å². The summed E-state index contributed by atoms with van der Waals surface area (Å²) in [5.41, 5.74) is -1.91. The van der Waals surface area contributed by atoms with Gasteiger partial charge in [0, 0.05) is 0 Å². The average molecular weight is 325 g/mol. The molecule has 3 rings (SSSR count). The third kappa shape index (κ3) is 2.81. The zero-order valence-corrected chi connectivity index (χ0v) is 13.3. The van der Waals surface area contributed by atoms with Crippen molar-refractivity contribution in [1.82, 2.24) is 9.55 Å². The van der Waals surface area contributed by atoms with Crippen LogP contribution in [-0.2, 0) is 15.5 Å². The van der Waals surface area contributed by atoms with E-state index in [4.69, 9.17) is 9.31 Å². The maximum Gasteiger partial charge on any atom is 0.494 e. The fourth-order valence-electron chi connectivity index (χ4n) is 2.25. The summed E-state index contributed by atoms with van der Waals surface area (Å²) >= 11 is 0. The van der Waals surface area contributed by atoms with Crippen molar-refractivity contribution in [1.29, 1.82) is 0 Å². The van der Waals surface area contributed by atoms with Gasteiger partial charge in [-0.05, 0) is 39.2 Å². The van der Waals surface area contributed by atoms with E-state index >= 15 is 0 Å². The zero-order chi connectivity index (χ0) is 17.0. The molecule has 0 spiro atoms. The molecule has 23 heavy (non-hydrogen) atoms. The number of nitrogens with zero attached hydrogens (tertiary/aromatic N) is 2. The summed E-state index contributed by atoms with van der Waals surface area (Å²) in [6.07, 6.45) is -1.27. The summed E-state index contributed by atoms with van der Waals surface area (Å²) < 4.78 is 52.6. The number of rotatable bonds is 2. The van der Waals surface area contributed by atoms with Crippen molar-refractivity contribution in [2.45, 2.75) is 45.1 Å². The molecule has 4 nitrogen and oxygen atoms in total. The van der Waals surface area contributed by atoms with Crippen LogP contribution in [0.4, 0.5) is 13.2 Å². The van der Waals surface area contributed by atoms with Gasteiger partial charge in [0.2, 0.25) is 0 Å². The van der Waals surface area contributed by atoms with E-state index in [9.17, 15) is 13.2 Å². The molecular weight excluding hydrogens is 308 g/mol. The highest BCUT2D eigenvalue weighted by molar-refractivity contribution is 6.62. The molecule has 1 aliphatic rings. The van der Waals surface area contributed by atoms with E-state index in [-0.39, 0.29) is 5.82 Å². The second-order valence-corrected chi connectivity index (χ2v) is 6.63. The number of pyridine rings is 1. The van der Waals surface area contributed by atoms with Gasteiger partial charge in [0.05, 0.1) is 17.0 Å². The van der Waals surface area contributed by atoms with Crippen molar-refractivity contribution in [3.63, 3.8) is 0 Å². The fourth-order valence-corrected chi connectivity index (χ4v) is 2.25. The highest BCUT2D eigenvalue weighted by Gasteiger charge is 2.52. The standard InChI is InChI=1S/C15H17BF3N2O2/c1-13(2)14(3,4)23-16(22-13)10-8-11(15(17,18)19)20-12(9-10)21-6-5-7-21/h5-9H,1-4H3/q-1. The Balaban J connectivity index is 2.04. The summed E-state index contributed by atoms with van der Waals surface area (Å²) in [6.45, 7) is 7.41. The molecule has 1 fully saturated rings. The van der Waals surface area contributed by atoms with Crippen molar-refractivity contribution in [2.75, 3.05) is 0 Å². The van der Waals surface area contributed by atoms with E-state index < -0.39 is 30.2 Å². The Morgan fingerprint density at radius 3 is 2.13 bits per heavy atom. The van der Waals surface area contributed by atoms with Gasteiger partial charge in [0.1, 0.15) is 5.69 Å². The van der Waals surface area contributed by atoms with Crippen LogP contribution in [0.1, 0.15) is 33.4 Å². The van der Waals surface area contributed by atoms with Crippen LogP contribution in [0.2, 0.25) is 0 Å². The van der Waals surface area contributed by atoms with Crippen LogP contribution in [0, 0.1) is 0 Å². The molecule has 0 atom stereocenters. The molecule has 8 heteroatoms. The second kappa shape index (κ2) is 4.91. The Kier molecular flexibility index (Phi) is 3.46. The van der Waals surface area contributed by atoms with E-state index in [1.165, 1.54) is 4.57 Å². The molecule has 0 aliphatic carbocycles. The van der Waals surface area contributed by atoms with Crippen molar-refractivity contribution < 1.29 is 22.5 Å². The predicted octanol–water partition coefficient (Wildman–Crippen LogP) is 2.91. The van der Waals surface area contributed by atoms with Crippen molar-refractivity contribution in [3.05, 3.63) is 36.3 Å². The average Bonchev–Trinajstić information content (AvgIpc) is 2.55. The number of halogens is 3. The summed E-state index contributed by atoms with van der Waals surface area (Å²) in [5.74, 6) is 0.187. The highest BCUT2D eigenvalue weighted by Crippen LogP contribution is 2.37. The molecule has 3 heterocycles. The fraction of sp³-hybridized carbons (Fsp3) is 0.467. The number of hydrogen-bond acceptors (Lipinski definition) is 3. The van der Waals surface area contributed by atoms with Gasteiger partial charge in [-0.15, -0.1) is 6.07 Å². The summed E-state index contributed by atoms with van der Waals surface area (Å²) in [4.78, 5) is 3.68. The van der Waals surface area contributed by atoms with Gasteiger partial charge < -0.3 is 13.9 Å². The minimum Gasteiger partial charge on any atom is -0.428 e. The van der Waals surface area contributed by atoms with E-state index in [1.54, 1.807) is 24.5 Å². The zero-order valence-electron chi connectivity index (χ0n) is 13.3. The van der Waals surface area contributed by atoms with Crippen LogP contribution >= 0.6 is 0 Å². The van der Waals surface area contributed by atoms with Crippen molar-refractivity contribution in [3.8, 4) is 5.82 Å². The Morgan fingerprint density at radius 2 is 1.70 bits per heavy atom. The molecule has 124 valence electrons. The van der Waals surface area contributed by atoms with E-state index in [0.717, 1.165) is 6.07 Å². The van der Waals surface area contributed by atoms with E-state index in [0.29, 0.717) is 5.46 Å². The molecule has 0 bridgehead atoms. The van der Waals surface area contributed by atoms with Crippen LogP contribution in [0.15, 0.2) is 30.6 Å². The molecular formula is C15H17BF3N2O2-. The molecule has 2 aromatic heterocycles. The third-order valence-corrected chi connectivity index (χ3v) is 4.41. The lowest BCUT2D eigenvalue weighted by Gasteiger charge is -2.32. The van der Waals surface area contributed by atoms with Gasteiger partial charge in [0.15, 0.2) is 0 Å². The van der Waals surface area contributed by atoms with E-state index in [2.05, 4.69) is 4.98 Å². The Labute approximate surface area is 132 Å².